The Kier molecular flexibility index (Phi) is 5.83. The van der Waals surface area contributed by atoms with E-state index >= 15 is 0 Å². The van der Waals surface area contributed by atoms with Crippen LogP contribution in [0.2, 0.25) is 0 Å². The van der Waals surface area contributed by atoms with E-state index in [0.29, 0.717) is 5.69 Å². The topological polar surface area (TPSA) is 90.0 Å². The molecular weight excluding hydrogens is 409 g/mol. The largest absolute Gasteiger partial charge is 0.416 e. The molecule has 0 fully saturated rings. The third-order valence-corrected chi connectivity index (χ3v) is 4.46. The standard InChI is InChI=1S/C22H17F3N4O2/c1-3-14-11-19(30)29(18-7-5-4-6-8-18)28-20(14)21(31)27-13(2)15-9-16(22(23,24)25)12-17(26)10-15/h1,4-13H,26H2,2H3,(H,27,31)/t13-/m1/s1. The van der Waals surface area contributed by atoms with Crippen molar-refractivity contribution in [2.45, 2.75) is 19.1 Å². The van der Waals surface area contributed by atoms with Crippen LogP contribution in [0, 0.1) is 12.3 Å². The van der Waals surface area contributed by atoms with Gasteiger partial charge in [-0.2, -0.15) is 23.0 Å². The molecule has 0 aliphatic carbocycles. The molecule has 0 radical (unpaired) electrons. The number of carbonyl (C=O) groups is 1. The molecule has 158 valence electrons. The maximum absolute atomic E-state index is 13.1. The normalized spacial score (nSPS) is 12.1. The fourth-order valence-electron chi connectivity index (χ4n) is 2.93. The third kappa shape index (κ3) is 4.75. The fraction of sp³-hybridized carbons (Fsp3) is 0.136. The number of para-hydroxylation sites is 1. The number of carbonyl (C=O) groups excluding carboxylic acids is 1. The lowest BCUT2D eigenvalue weighted by atomic mass is 10.0. The fourth-order valence-corrected chi connectivity index (χ4v) is 2.93. The summed E-state index contributed by atoms with van der Waals surface area (Å²) >= 11 is 0. The lowest BCUT2D eigenvalue weighted by Gasteiger charge is -2.18. The molecule has 6 nitrogen and oxygen atoms in total. The molecule has 1 heterocycles. The highest BCUT2D eigenvalue weighted by atomic mass is 19.4. The lowest BCUT2D eigenvalue weighted by Crippen LogP contribution is -2.32. The quantitative estimate of drug-likeness (QED) is 0.495. The maximum atomic E-state index is 13.1. The van der Waals surface area contributed by atoms with E-state index in [1.807, 2.05) is 0 Å². The van der Waals surface area contributed by atoms with Crippen molar-refractivity contribution in [2.24, 2.45) is 0 Å². The first-order valence-electron chi connectivity index (χ1n) is 9.05. The molecule has 1 aromatic heterocycles. The highest BCUT2D eigenvalue weighted by Crippen LogP contribution is 2.32. The summed E-state index contributed by atoms with van der Waals surface area (Å²) in [6.07, 6.45) is 0.830. The average molecular weight is 426 g/mol. The van der Waals surface area contributed by atoms with Gasteiger partial charge in [0.15, 0.2) is 5.69 Å². The van der Waals surface area contributed by atoms with Gasteiger partial charge in [0.25, 0.3) is 11.5 Å². The summed E-state index contributed by atoms with van der Waals surface area (Å²) < 4.78 is 40.2. The Morgan fingerprint density at radius 3 is 2.48 bits per heavy atom. The van der Waals surface area contributed by atoms with E-state index in [-0.39, 0.29) is 22.5 Å². The van der Waals surface area contributed by atoms with E-state index in [4.69, 9.17) is 12.2 Å². The lowest BCUT2D eigenvalue weighted by molar-refractivity contribution is -0.137. The Bertz CT molecular complexity index is 1230. The van der Waals surface area contributed by atoms with Crippen molar-refractivity contribution >= 4 is 11.6 Å². The summed E-state index contributed by atoms with van der Waals surface area (Å²) in [4.78, 5) is 25.2. The number of nitrogens with two attached hydrogens (primary N) is 1. The summed E-state index contributed by atoms with van der Waals surface area (Å²) in [5.74, 6) is 1.49. The number of hydrogen-bond acceptors (Lipinski definition) is 4. The second-order valence-corrected chi connectivity index (χ2v) is 6.72. The van der Waals surface area contributed by atoms with E-state index in [2.05, 4.69) is 16.3 Å². The molecule has 0 bridgehead atoms. The predicted octanol–water partition coefficient (Wildman–Crippen LogP) is 3.31. The minimum atomic E-state index is -4.59. The van der Waals surface area contributed by atoms with Crippen molar-refractivity contribution in [3.05, 3.63) is 87.3 Å². The maximum Gasteiger partial charge on any atom is 0.416 e. The molecule has 0 aliphatic rings. The number of nitrogen functional groups attached to an aromatic ring is 1. The zero-order valence-electron chi connectivity index (χ0n) is 16.3. The Balaban J connectivity index is 1.96. The van der Waals surface area contributed by atoms with E-state index in [0.717, 1.165) is 22.9 Å². The summed E-state index contributed by atoms with van der Waals surface area (Å²) in [6.45, 7) is 1.50. The van der Waals surface area contributed by atoms with Gasteiger partial charge >= 0.3 is 6.18 Å². The van der Waals surface area contributed by atoms with Crippen molar-refractivity contribution < 1.29 is 18.0 Å². The van der Waals surface area contributed by atoms with E-state index in [1.54, 1.807) is 30.3 Å². The van der Waals surface area contributed by atoms with Crippen LogP contribution in [0.1, 0.15) is 40.1 Å². The van der Waals surface area contributed by atoms with Gasteiger partial charge in [-0.15, -0.1) is 6.42 Å². The van der Waals surface area contributed by atoms with Gasteiger partial charge in [-0.25, -0.2) is 0 Å². The first-order chi connectivity index (χ1) is 14.6. The number of anilines is 1. The number of nitrogens with zero attached hydrogens (tertiary/aromatic N) is 2. The number of amides is 1. The number of terminal acetylenes is 1. The Hall–Kier alpha value is -4.06. The highest BCUT2D eigenvalue weighted by Gasteiger charge is 2.31. The zero-order chi connectivity index (χ0) is 22.8. The van der Waals surface area contributed by atoms with Crippen LogP contribution < -0.4 is 16.6 Å². The van der Waals surface area contributed by atoms with E-state index in [1.165, 1.54) is 13.0 Å². The van der Waals surface area contributed by atoms with Gasteiger partial charge in [0.1, 0.15) is 0 Å². The molecule has 9 heteroatoms. The van der Waals surface area contributed by atoms with Crippen molar-refractivity contribution in [1.82, 2.24) is 15.1 Å². The zero-order valence-corrected chi connectivity index (χ0v) is 16.3. The second kappa shape index (κ2) is 8.36. The van der Waals surface area contributed by atoms with Crippen LogP contribution >= 0.6 is 0 Å². The summed E-state index contributed by atoms with van der Waals surface area (Å²) in [7, 11) is 0. The molecular formula is C22H17F3N4O2. The van der Waals surface area contributed by atoms with Gasteiger partial charge in [-0.05, 0) is 42.8 Å². The van der Waals surface area contributed by atoms with Crippen LogP contribution in [0.25, 0.3) is 5.69 Å². The highest BCUT2D eigenvalue weighted by molar-refractivity contribution is 5.94. The van der Waals surface area contributed by atoms with Crippen LogP contribution in [0.3, 0.4) is 0 Å². The average Bonchev–Trinajstić information content (AvgIpc) is 2.72. The van der Waals surface area contributed by atoms with E-state index in [9.17, 15) is 22.8 Å². The molecule has 0 saturated carbocycles. The number of benzene rings is 2. The third-order valence-electron chi connectivity index (χ3n) is 4.46. The predicted molar refractivity (Wildman–Crippen MR) is 110 cm³/mol. The second-order valence-electron chi connectivity index (χ2n) is 6.72. The summed E-state index contributed by atoms with van der Waals surface area (Å²) in [5, 5.41) is 6.64. The van der Waals surface area contributed by atoms with Crippen LogP contribution in [0.5, 0.6) is 0 Å². The Morgan fingerprint density at radius 1 is 1.19 bits per heavy atom. The summed E-state index contributed by atoms with van der Waals surface area (Å²) in [5.41, 5.74) is 4.37. The van der Waals surface area contributed by atoms with Crippen molar-refractivity contribution in [3.63, 3.8) is 0 Å². The number of alkyl halides is 3. The number of aromatic nitrogens is 2. The van der Waals surface area contributed by atoms with Crippen LogP contribution in [0.4, 0.5) is 18.9 Å². The molecule has 2 aromatic carbocycles. The Labute approximate surface area is 175 Å². The molecule has 1 atom stereocenters. The summed E-state index contributed by atoms with van der Waals surface area (Å²) in [6, 6.07) is 11.7. The van der Waals surface area contributed by atoms with Gasteiger partial charge in [0, 0.05) is 11.8 Å². The first kappa shape index (κ1) is 21.6. The minimum Gasteiger partial charge on any atom is -0.399 e. The minimum absolute atomic E-state index is 0.0366. The molecule has 0 saturated heterocycles. The molecule has 0 aliphatic heterocycles. The van der Waals surface area contributed by atoms with Crippen LogP contribution in [-0.2, 0) is 6.18 Å². The van der Waals surface area contributed by atoms with Crippen LogP contribution in [-0.4, -0.2) is 15.7 Å². The van der Waals surface area contributed by atoms with Crippen LogP contribution in [0.15, 0.2) is 59.4 Å². The molecule has 0 unspecified atom stereocenters. The van der Waals surface area contributed by atoms with Gasteiger partial charge < -0.3 is 11.1 Å². The number of hydrogen-bond donors (Lipinski definition) is 2. The van der Waals surface area contributed by atoms with Gasteiger partial charge in [0.2, 0.25) is 0 Å². The first-order valence-corrected chi connectivity index (χ1v) is 9.05. The molecule has 31 heavy (non-hydrogen) atoms. The van der Waals surface area contributed by atoms with Crippen molar-refractivity contribution in [2.75, 3.05) is 5.73 Å². The SMILES string of the molecule is C#Cc1cc(=O)n(-c2ccccc2)nc1C(=O)N[C@H](C)c1cc(N)cc(C(F)(F)F)c1. The molecule has 1 amide bonds. The smallest absolute Gasteiger partial charge is 0.399 e. The van der Waals surface area contributed by atoms with E-state index < -0.39 is 29.2 Å². The molecule has 3 N–H and O–H groups in total. The monoisotopic (exact) mass is 426 g/mol. The number of halogens is 3. The number of rotatable bonds is 4. The van der Waals surface area contributed by atoms with Gasteiger partial charge in [0.05, 0.1) is 22.9 Å². The molecule has 0 spiro atoms. The number of nitrogens with one attached hydrogen (secondary N) is 1. The molecule has 3 rings (SSSR count). The van der Waals surface area contributed by atoms with Gasteiger partial charge in [-0.3, -0.25) is 9.59 Å². The van der Waals surface area contributed by atoms with Gasteiger partial charge in [-0.1, -0.05) is 24.1 Å². The molecule has 3 aromatic rings. The van der Waals surface area contributed by atoms with Crippen molar-refractivity contribution in [3.8, 4) is 18.0 Å². The van der Waals surface area contributed by atoms with Crippen molar-refractivity contribution in [1.29, 1.82) is 0 Å². The Morgan fingerprint density at radius 2 is 1.87 bits per heavy atom.